The van der Waals surface area contributed by atoms with Gasteiger partial charge in [0, 0.05) is 5.56 Å². The zero-order chi connectivity index (χ0) is 14.1. The SMILES string of the molecule is O=C(O)c1ccc(-c2ccccc2C2CCC2)c(O)c1. The van der Waals surface area contributed by atoms with E-state index in [1.807, 2.05) is 18.2 Å². The summed E-state index contributed by atoms with van der Waals surface area (Å²) >= 11 is 0. The van der Waals surface area contributed by atoms with E-state index in [1.54, 1.807) is 6.07 Å². The molecule has 0 heterocycles. The Hall–Kier alpha value is -2.29. The average Bonchev–Trinajstić information content (AvgIpc) is 2.37. The van der Waals surface area contributed by atoms with Crippen LogP contribution in [0.3, 0.4) is 0 Å². The number of carboxylic acid groups (broad SMARTS) is 1. The highest BCUT2D eigenvalue weighted by Gasteiger charge is 2.23. The van der Waals surface area contributed by atoms with Crippen LogP contribution in [0, 0.1) is 0 Å². The van der Waals surface area contributed by atoms with Crippen molar-refractivity contribution in [2.24, 2.45) is 0 Å². The van der Waals surface area contributed by atoms with Gasteiger partial charge in [-0.25, -0.2) is 4.79 Å². The van der Waals surface area contributed by atoms with E-state index in [9.17, 15) is 9.90 Å². The second kappa shape index (κ2) is 5.00. The van der Waals surface area contributed by atoms with Crippen LogP contribution in [0.1, 0.15) is 41.1 Å². The smallest absolute Gasteiger partial charge is 0.335 e. The summed E-state index contributed by atoms with van der Waals surface area (Å²) in [4.78, 5) is 10.9. The maximum Gasteiger partial charge on any atom is 0.335 e. The van der Waals surface area contributed by atoms with Crippen molar-refractivity contribution in [2.75, 3.05) is 0 Å². The van der Waals surface area contributed by atoms with Gasteiger partial charge in [0.05, 0.1) is 5.56 Å². The number of aromatic carboxylic acids is 1. The third-order valence-electron chi connectivity index (χ3n) is 4.04. The maximum atomic E-state index is 10.9. The van der Waals surface area contributed by atoms with Gasteiger partial charge >= 0.3 is 5.97 Å². The highest BCUT2D eigenvalue weighted by atomic mass is 16.4. The number of carbonyl (C=O) groups is 1. The van der Waals surface area contributed by atoms with Crippen LogP contribution in [0.2, 0.25) is 0 Å². The van der Waals surface area contributed by atoms with Gasteiger partial charge in [-0.1, -0.05) is 30.7 Å². The van der Waals surface area contributed by atoms with Gasteiger partial charge in [-0.05, 0) is 48.1 Å². The van der Waals surface area contributed by atoms with E-state index in [4.69, 9.17) is 5.11 Å². The first-order valence-corrected chi connectivity index (χ1v) is 6.82. The third kappa shape index (κ3) is 2.16. The van der Waals surface area contributed by atoms with Gasteiger partial charge in [-0.15, -0.1) is 0 Å². The topological polar surface area (TPSA) is 57.5 Å². The summed E-state index contributed by atoms with van der Waals surface area (Å²) in [7, 11) is 0. The van der Waals surface area contributed by atoms with Crippen molar-refractivity contribution < 1.29 is 15.0 Å². The number of hydrogen-bond acceptors (Lipinski definition) is 2. The van der Waals surface area contributed by atoms with E-state index in [1.165, 1.54) is 37.0 Å². The zero-order valence-electron chi connectivity index (χ0n) is 11.0. The van der Waals surface area contributed by atoms with E-state index < -0.39 is 5.97 Å². The predicted molar refractivity (Wildman–Crippen MR) is 77.1 cm³/mol. The Labute approximate surface area is 117 Å². The second-order valence-electron chi connectivity index (χ2n) is 5.25. The fourth-order valence-electron chi connectivity index (χ4n) is 2.71. The molecular weight excluding hydrogens is 252 g/mol. The van der Waals surface area contributed by atoms with Crippen molar-refractivity contribution in [1.82, 2.24) is 0 Å². The molecule has 2 aromatic carbocycles. The van der Waals surface area contributed by atoms with Crippen LogP contribution in [0.15, 0.2) is 42.5 Å². The minimum atomic E-state index is -1.03. The van der Waals surface area contributed by atoms with Crippen LogP contribution in [0.5, 0.6) is 5.75 Å². The van der Waals surface area contributed by atoms with Crippen molar-refractivity contribution in [2.45, 2.75) is 25.2 Å². The lowest BCUT2D eigenvalue weighted by Gasteiger charge is -2.28. The molecule has 2 N–H and O–H groups in total. The van der Waals surface area contributed by atoms with E-state index >= 15 is 0 Å². The molecule has 3 heteroatoms. The number of carboxylic acids is 1. The van der Waals surface area contributed by atoms with Crippen LogP contribution in [-0.2, 0) is 0 Å². The molecule has 0 unspecified atom stereocenters. The fourth-order valence-corrected chi connectivity index (χ4v) is 2.71. The van der Waals surface area contributed by atoms with Crippen LogP contribution < -0.4 is 0 Å². The summed E-state index contributed by atoms with van der Waals surface area (Å²) in [6.07, 6.45) is 3.62. The lowest BCUT2D eigenvalue weighted by atomic mass is 9.77. The Morgan fingerprint density at radius 3 is 2.40 bits per heavy atom. The molecule has 0 spiro atoms. The van der Waals surface area contributed by atoms with E-state index in [0.717, 1.165) is 5.56 Å². The number of phenols is 1. The van der Waals surface area contributed by atoms with Crippen molar-refractivity contribution in [3.05, 3.63) is 53.6 Å². The molecular formula is C17H16O3. The first-order valence-electron chi connectivity index (χ1n) is 6.82. The fraction of sp³-hybridized carbons (Fsp3) is 0.235. The monoisotopic (exact) mass is 268 g/mol. The second-order valence-corrected chi connectivity index (χ2v) is 5.25. The van der Waals surface area contributed by atoms with Crippen molar-refractivity contribution in [3.8, 4) is 16.9 Å². The molecule has 0 atom stereocenters. The first kappa shape index (κ1) is 12.7. The summed E-state index contributed by atoms with van der Waals surface area (Å²) < 4.78 is 0. The molecule has 3 rings (SSSR count). The van der Waals surface area contributed by atoms with Crippen LogP contribution in [0.4, 0.5) is 0 Å². The summed E-state index contributed by atoms with van der Waals surface area (Å²) in [5, 5.41) is 19.1. The van der Waals surface area contributed by atoms with Gasteiger partial charge < -0.3 is 10.2 Å². The summed E-state index contributed by atoms with van der Waals surface area (Å²) in [6, 6.07) is 12.6. The number of benzene rings is 2. The van der Waals surface area contributed by atoms with Gasteiger partial charge in [0.1, 0.15) is 5.75 Å². The molecule has 1 aliphatic carbocycles. The van der Waals surface area contributed by atoms with Gasteiger partial charge in [0.15, 0.2) is 0 Å². The average molecular weight is 268 g/mol. The van der Waals surface area contributed by atoms with Crippen LogP contribution in [-0.4, -0.2) is 16.2 Å². The van der Waals surface area contributed by atoms with Gasteiger partial charge in [0.25, 0.3) is 0 Å². The molecule has 0 saturated heterocycles. The predicted octanol–water partition coefficient (Wildman–Crippen LogP) is 4.02. The first-order chi connectivity index (χ1) is 9.66. The molecule has 0 radical (unpaired) electrons. The number of phenolic OH excluding ortho intramolecular Hbond substituents is 1. The Balaban J connectivity index is 2.07. The standard InChI is InChI=1S/C17H16O3/c18-16-10-12(17(19)20)8-9-15(16)14-7-2-1-6-13(14)11-4-3-5-11/h1-2,6-11,18H,3-5H2,(H,19,20). The maximum absolute atomic E-state index is 10.9. The number of hydrogen-bond donors (Lipinski definition) is 2. The minimum absolute atomic E-state index is 0.0247. The summed E-state index contributed by atoms with van der Waals surface area (Å²) in [5.41, 5.74) is 3.06. The molecule has 3 nitrogen and oxygen atoms in total. The molecule has 102 valence electrons. The molecule has 0 amide bonds. The lowest BCUT2D eigenvalue weighted by Crippen LogP contribution is -2.09. The Morgan fingerprint density at radius 2 is 1.80 bits per heavy atom. The molecule has 1 aliphatic rings. The molecule has 20 heavy (non-hydrogen) atoms. The normalized spacial score (nSPS) is 14.8. The van der Waals surface area contributed by atoms with Crippen LogP contribution >= 0.6 is 0 Å². The lowest BCUT2D eigenvalue weighted by molar-refractivity contribution is 0.0696. The summed E-state index contributed by atoms with van der Waals surface area (Å²) in [6.45, 7) is 0. The van der Waals surface area contributed by atoms with Gasteiger partial charge in [-0.2, -0.15) is 0 Å². The molecule has 0 bridgehead atoms. The number of rotatable bonds is 3. The molecule has 1 fully saturated rings. The largest absolute Gasteiger partial charge is 0.507 e. The van der Waals surface area contributed by atoms with Gasteiger partial charge in [-0.3, -0.25) is 0 Å². The molecule has 1 saturated carbocycles. The zero-order valence-corrected chi connectivity index (χ0v) is 11.0. The molecule has 0 aliphatic heterocycles. The third-order valence-corrected chi connectivity index (χ3v) is 4.04. The highest BCUT2D eigenvalue weighted by molar-refractivity contribution is 5.90. The molecule has 2 aromatic rings. The Morgan fingerprint density at radius 1 is 1.05 bits per heavy atom. The van der Waals surface area contributed by atoms with Crippen molar-refractivity contribution in [3.63, 3.8) is 0 Å². The van der Waals surface area contributed by atoms with Gasteiger partial charge in [0.2, 0.25) is 0 Å². The quantitative estimate of drug-likeness (QED) is 0.883. The minimum Gasteiger partial charge on any atom is -0.507 e. The van der Waals surface area contributed by atoms with E-state index in [2.05, 4.69) is 6.07 Å². The summed E-state index contributed by atoms with van der Waals surface area (Å²) in [5.74, 6) is -0.444. The Bertz CT molecular complexity index is 657. The Kier molecular flexibility index (Phi) is 3.18. The van der Waals surface area contributed by atoms with E-state index in [-0.39, 0.29) is 11.3 Å². The molecule has 0 aromatic heterocycles. The van der Waals surface area contributed by atoms with E-state index in [0.29, 0.717) is 11.5 Å². The van der Waals surface area contributed by atoms with Crippen LogP contribution in [0.25, 0.3) is 11.1 Å². The number of aromatic hydroxyl groups is 1. The van der Waals surface area contributed by atoms with Crippen molar-refractivity contribution >= 4 is 5.97 Å². The highest BCUT2D eigenvalue weighted by Crippen LogP contribution is 2.42. The van der Waals surface area contributed by atoms with Crippen molar-refractivity contribution in [1.29, 1.82) is 0 Å².